The van der Waals surface area contributed by atoms with E-state index in [0.717, 1.165) is 28.9 Å². The average Bonchev–Trinajstić information content (AvgIpc) is 3.33. The molecule has 0 amide bonds. The molecule has 27 heavy (non-hydrogen) atoms. The van der Waals surface area contributed by atoms with Crippen molar-refractivity contribution < 1.29 is 4.42 Å². The van der Waals surface area contributed by atoms with E-state index in [-0.39, 0.29) is 6.04 Å². The second-order valence-electron chi connectivity index (χ2n) is 6.01. The summed E-state index contributed by atoms with van der Waals surface area (Å²) in [4.78, 5) is 9.05. The number of halogens is 1. The molecule has 1 atom stereocenters. The molecule has 3 N–H and O–H groups in total. The second-order valence-corrected chi connectivity index (χ2v) is 6.45. The molecule has 0 aliphatic rings. The molecule has 0 saturated heterocycles. The lowest BCUT2D eigenvalue weighted by Crippen LogP contribution is -2.38. The van der Waals surface area contributed by atoms with Gasteiger partial charge in [0.05, 0.1) is 12.3 Å². The number of aliphatic imine (C=N–C) groups is 1. The van der Waals surface area contributed by atoms with Crippen molar-refractivity contribution in [3.05, 3.63) is 59.1 Å². The van der Waals surface area contributed by atoms with Gasteiger partial charge in [-0.3, -0.25) is 10.1 Å². The maximum atomic E-state index is 6.08. The Hall–Kier alpha value is -2.80. The van der Waals surface area contributed by atoms with Crippen molar-refractivity contribution in [1.29, 1.82) is 0 Å². The van der Waals surface area contributed by atoms with Gasteiger partial charge in [0.2, 0.25) is 5.82 Å². The largest absolute Gasteiger partial charge is 0.461 e. The van der Waals surface area contributed by atoms with E-state index in [2.05, 4.69) is 37.7 Å². The van der Waals surface area contributed by atoms with E-state index in [1.807, 2.05) is 43.3 Å². The van der Waals surface area contributed by atoms with E-state index in [4.69, 9.17) is 16.0 Å². The molecule has 8 heteroatoms. The Labute approximate surface area is 163 Å². The number of hydrogen-bond donors (Lipinski definition) is 3. The molecular formula is C19H23ClN6O. The summed E-state index contributed by atoms with van der Waals surface area (Å²) in [5.41, 5.74) is 1.10. The van der Waals surface area contributed by atoms with Crippen molar-refractivity contribution in [1.82, 2.24) is 25.8 Å². The van der Waals surface area contributed by atoms with Crippen molar-refractivity contribution in [2.45, 2.75) is 26.3 Å². The molecule has 142 valence electrons. The Bertz CT molecular complexity index is 874. The summed E-state index contributed by atoms with van der Waals surface area (Å²) in [5, 5.41) is 14.5. The van der Waals surface area contributed by atoms with Crippen LogP contribution in [0.1, 0.15) is 31.3 Å². The average molecular weight is 387 g/mol. The predicted octanol–water partition coefficient (Wildman–Crippen LogP) is 3.58. The Balaban J connectivity index is 1.59. The first-order valence-electron chi connectivity index (χ1n) is 8.91. The van der Waals surface area contributed by atoms with Crippen LogP contribution >= 0.6 is 11.6 Å². The molecule has 0 spiro atoms. The van der Waals surface area contributed by atoms with Gasteiger partial charge >= 0.3 is 0 Å². The van der Waals surface area contributed by atoms with Crippen LogP contribution < -0.4 is 10.6 Å². The van der Waals surface area contributed by atoms with Crippen LogP contribution in [0, 0.1) is 0 Å². The maximum absolute atomic E-state index is 6.08. The summed E-state index contributed by atoms with van der Waals surface area (Å²) < 4.78 is 5.30. The van der Waals surface area contributed by atoms with Crippen molar-refractivity contribution in [2.75, 3.05) is 13.1 Å². The molecule has 1 aromatic carbocycles. The van der Waals surface area contributed by atoms with Gasteiger partial charge in [-0.15, -0.1) is 0 Å². The molecule has 0 radical (unpaired) electrons. The summed E-state index contributed by atoms with van der Waals surface area (Å²) in [7, 11) is 0. The van der Waals surface area contributed by atoms with E-state index in [1.165, 1.54) is 0 Å². The third-order valence-electron chi connectivity index (χ3n) is 3.94. The lowest BCUT2D eigenvalue weighted by atomic mass is 10.1. The summed E-state index contributed by atoms with van der Waals surface area (Å²) in [6, 6.07) is 11.5. The molecule has 3 aromatic rings. The monoisotopic (exact) mass is 386 g/mol. The normalized spacial score (nSPS) is 12.8. The van der Waals surface area contributed by atoms with Gasteiger partial charge < -0.3 is 15.1 Å². The molecule has 0 fully saturated rings. The van der Waals surface area contributed by atoms with Crippen molar-refractivity contribution in [3.8, 4) is 11.6 Å². The Morgan fingerprint density at radius 3 is 2.96 bits per heavy atom. The van der Waals surface area contributed by atoms with E-state index in [9.17, 15) is 0 Å². The summed E-state index contributed by atoms with van der Waals surface area (Å²) >= 11 is 6.08. The summed E-state index contributed by atoms with van der Waals surface area (Å²) in [5.74, 6) is 2.71. The fourth-order valence-corrected chi connectivity index (χ4v) is 2.78. The number of guanidine groups is 1. The van der Waals surface area contributed by atoms with E-state index >= 15 is 0 Å². The Kier molecular flexibility index (Phi) is 6.49. The topological polar surface area (TPSA) is 91.1 Å². The van der Waals surface area contributed by atoms with Gasteiger partial charge in [-0.1, -0.05) is 23.7 Å². The molecule has 2 heterocycles. The molecule has 0 aliphatic carbocycles. The molecule has 2 aromatic heterocycles. The van der Waals surface area contributed by atoms with E-state index < -0.39 is 0 Å². The van der Waals surface area contributed by atoms with Gasteiger partial charge in [0.1, 0.15) is 5.82 Å². The predicted molar refractivity (Wildman–Crippen MR) is 107 cm³/mol. The van der Waals surface area contributed by atoms with Crippen LogP contribution in [0.5, 0.6) is 0 Å². The quantitative estimate of drug-likeness (QED) is 0.426. The first-order valence-corrected chi connectivity index (χ1v) is 9.29. The first kappa shape index (κ1) is 19.0. The fourth-order valence-electron chi connectivity index (χ4n) is 2.58. The third-order valence-corrected chi connectivity index (χ3v) is 4.17. The van der Waals surface area contributed by atoms with Gasteiger partial charge in [-0.2, -0.15) is 5.10 Å². The number of aromatic amines is 1. The van der Waals surface area contributed by atoms with Crippen LogP contribution in [-0.4, -0.2) is 34.2 Å². The Morgan fingerprint density at radius 1 is 1.33 bits per heavy atom. The fraction of sp³-hybridized carbons (Fsp3) is 0.316. The summed E-state index contributed by atoms with van der Waals surface area (Å²) in [6.07, 6.45) is 2.25. The van der Waals surface area contributed by atoms with Crippen molar-refractivity contribution >= 4 is 17.6 Å². The van der Waals surface area contributed by atoms with Gasteiger partial charge in [0.15, 0.2) is 11.7 Å². The van der Waals surface area contributed by atoms with Crippen molar-refractivity contribution in [2.24, 2.45) is 4.99 Å². The SMILES string of the molecule is CCNC(=NCCc1nc(-c2ccco2)n[nH]1)NC(C)c1cccc(Cl)c1. The molecule has 3 rings (SSSR count). The molecule has 0 aliphatic heterocycles. The highest BCUT2D eigenvalue weighted by Gasteiger charge is 2.10. The van der Waals surface area contributed by atoms with Crippen LogP contribution in [0.15, 0.2) is 52.1 Å². The number of rotatable bonds is 7. The number of nitrogens with one attached hydrogen (secondary N) is 3. The van der Waals surface area contributed by atoms with Crippen molar-refractivity contribution in [3.63, 3.8) is 0 Å². The Morgan fingerprint density at radius 2 is 2.22 bits per heavy atom. The van der Waals surface area contributed by atoms with Gasteiger partial charge in [0, 0.05) is 24.5 Å². The molecule has 7 nitrogen and oxygen atoms in total. The van der Waals surface area contributed by atoms with Gasteiger partial charge in [0.25, 0.3) is 0 Å². The highest BCUT2D eigenvalue weighted by atomic mass is 35.5. The minimum atomic E-state index is 0.0809. The van der Waals surface area contributed by atoms with E-state index in [0.29, 0.717) is 24.6 Å². The molecular weight excluding hydrogens is 364 g/mol. The minimum Gasteiger partial charge on any atom is -0.461 e. The standard InChI is InChI=1S/C19H23ClN6O/c1-3-21-19(23-13(2)14-6-4-7-15(20)12-14)22-10-9-17-24-18(26-25-17)16-8-5-11-27-16/h4-8,11-13H,3,9-10H2,1-2H3,(H2,21,22,23)(H,24,25,26). The van der Waals surface area contributed by atoms with Gasteiger partial charge in [-0.25, -0.2) is 4.98 Å². The molecule has 0 saturated carbocycles. The number of hydrogen-bond acceptors (Lipinski definition) is 4. The van der Waals surface area contributed by atoms with Crippen LogP contribution in [0.25, 0.3) is 11.6 Å². The number of furan rings is 1. The zero-order valence-electron chi connectivity index (χ0n) is 15.4. The number of benzene rings is 1. The molecule has 0 bridgehead atoms. The smallest absolute Gasteiger partial charge is 0.216 e. The van der Waals surface area contributed by atoms with Crippen LogP contribution in [0.2, 0.25) is 5.02 Å². The highest BCUT2D eigenvalue weighted by Crippen LogP contribution is 2.17. The van der Waals surface area contributed by atoms with Crippen LogP contribution in [0.4, 0.5) is 0 Å². The first-order chi connectivity index (χ1) is 13.2. The highest BCUT2D eigenvalue weighted by molar-refractivity contribution is 6.30. The summed E-state index contributed by atoms with van der Waals surface area (Å²) in [6.45, 7) is 5.46. The minimum absolute atomic E-state index is 0.0809. The lowest BCUT2D eigenvalue weighted by molar-refractivity contribution is 0.577. The number of H-pyrrole nitrogens is 1. The number of nitrogens with zero attached hydrogens (tertiary/aromatic N) is 3. The van der Waals surface area contributed by atoms with Gasteiger partial charge in [-0.05, 0) is 43.7 Å². The lowest BCUT2D eigenvalue weighted by Gasteiger charge is -2.18. The molecule has 1 unspecified atom stereocenters. The maximum Gasteiger partial charge on any atom is 0.216 e. The van der Waals surface area contributed by atoms with E-state index in [1.54, 1.807) is 6.26 Å². The third kappa shape index (κ3) is 5.34. The van der Waals surface area contributed by atoms with Crippen LogP contribution in [0.3, 0.4) is 0 Å². The zero-order valence-corrected chi connectivity index (χ0v) is 16.1. The zero-order chi connectivity index (χ0) is 19.1. The number of aromatic nitrogens is 3. The second kappa shape index (κ2) is 9.23. The van der Waals surface area contributed by atoms with Crippen LogP contribution in [-0.2, 0) is 6.42 Å².